The molecule has 0 unspecified atom stereocenters. The van der Waals surface area contributed by atoms with Crippen molar-refractivity contribution >= 4 is 49.6 Å². The molecule has 3 aromatic carbocycles. The molecule has 2 heterocycles. The number of esters is 1. The number of nitrogens with one attached hydrogen (secondary N) is 1. The van der Waals surface area contributed by atoms with Crippen LogP contribution in [-0.4, -0.2) is 19.0 Å². The molecular weight excluding hydrogens is 498 g/mol. The van der Waals surface area contributed by atoms with Gasteiger partial charge in [-0.3, -0.25) is 4.79 Å². The summed E-state index contributed by atoms with van der Waals surface area (Å²) in [6.07, 6.45) is 0.648. The van der Waals surface area contributed by atoms with Crippen molar-refractivity contribution in [3.05, 3.63) is 110 Å². The second-order valence-corrected chi connectivity index (χ2v) is 11.4. The molecule has 37 heavy (non-hydrogen) atoms. The van der Waals surface area contributed by atoms with E-state index >= 15 is 0 Å². The average molecular weight is 526 g/mol. The molecule has 6 heteroatoms. The molecule has 5 aromatic rings. The van der Waals surface area contributed by atoms with Crippen LogP contribution in [0.25, 0.3) is 21.2 Å². The number of thiophene rings is 2. The molecule has 1 N–H and O–H groups in total. The van der Waals surface area contributed by atoms with E-state index in [-0.39, 0.29) is 5.91 Å². The molecule has 0 aliphatic carbocycles. The first-order valence-corrected chi connectivity index (χ1v) is 13.6. The number of rotatable bonds is 6. The maximum atomic E-state index is 13.8. The number of hydrogen-bond acceptors (Lipinski definition) is 5. The monoisotopic (exact) mass is 525 g/mol. The van der Waals surface area contributed by atoms with Crippen molar-refractivity contribution < 1.29 is 14.3 Å². The number of carbonyl (C=O) groups excluding carboxylic acids is 2. The molecule has 4 nitrogen and oxygen atoms in total. The van der Waals surface area contributed by atoms with Gasteiger partial charge < -0.3 is 10.1 Å². The maximum Gasteiger partial charge on any atom is 0.341 e. The lowest BCUT2D eigenvalue weighted by molar-refractivity contribution is 0.0603. The minimum Gasteiger partial charge on any atom is -0.465 e. The summed E-state index contributed by atoms with van der Waals surface area (Å²) in [5, 5.41) is 4.65. The van der Waals surface area contributed by atoms with Gasteiger partial charge in [-0.05, 0) is 55.3 Å². The summed E-state index contributed by atoms with van der Waals surface area (Å²) in [5.41, 5.74) is 6.58. The summed E-state index contributed by atoms with van der Waals surface area (Å²) < 4.78 is 6.20. The van der Waals surface area contributed by atoms with Gasteiger partial charge in [0.25, 0.3) is 5.91 Å². The highest BCUT2D eigenvalue weighted by Crippen LogP contribution is 2.41. The number of benzene rings is 3. The summed E-state index contributed by atoms with van der Waals surface area (Å²) in [6, 6.07) is 24.5. The zero-order valence-corrected chi connectivity index (χ0v) is 22.8. The predicted molar refractivity (Wildman–Crippen MR) is 154 cm³/mol. The van der Waals surface area contributed by atoms with E-state index in [9.17, 15) is 9.59 Å². The molecule has 0 aliphatic rings. The number of amides is 1. The standard InChI is InChI=1S/C31H27NO3S2/c1-18-9-13-21(14-10-18)17-24-23-7-5-6-8-25(23)37-28(24)29(33)32-30-27(31(34)35-4)26(20(3)36-30)22-15-11-19(2)12-16-22/h5-16H,17H2,1-4H3,(H,32,33). The number of carbonyl (C=O) groups is 2. The van der Waals surface area contributed by atoms with Crippen molar-refractivity contribution in [2.75, 3.05) is 12.4 Å². The van der Waals surface area contributed by atoms with E-state index in [0.717, 1.165) is 42.8 Å². The fourth-order valence-corrected chi connectivity index (χ4v) is 6.70. The first kappa shape index (κ1) is 24.9. The van der Waals surface area contributed by atoms with Gasteiger partial charge in [-0.1, -0.05) is 77.9 Å². The SMILES string of the molecule is COC(=O)c1c(NC(=O)c2sc3ccccc3c2Cc2ccc(C)cc2)sc(C)c1-c1ccc(C)cc1. The Labute approximate surface area is 224 Å². The van der Waals surface area contributed by atoms with Crippen LogP contribution in [0.15, 0.2) is 72.8 Å². The third kappa shape index (κ3) is 4.95. The van der Waals surface area contributed by atoms with Crippen molar-refractivity contribution in [2.45, 2.75) is 27.2 Å². The van der Waals surface area contributed by atoms with Crippen LogP contribution in [-0.2, 0) is 11.2 Å². The highest BCUT2D eigenvalue weighted by atomic mass is 32.1. The van der Waals surface area contributed by atoms with E-state index in [1.54, 1.807) is 0 Å². The zero-order valence-electron chi connectivity index (χ0n) is 21.2. The quantitative estimate of drug-likeness (QED) is 0.227. The van der Waals surface area contributed by atoms with Crippen LogP contribution in [0.1, 0.15) is 47.2 Å². The summed E-state index contributed by atoms with van der Waals surface area (Å²) in [4.78, 5) is 28.3. The second-order valence-electron chi connectivity index (χ2n) is 9.12. The first-order valence-electron chi connectivity index (χ1n) is 12.0. The fraction of sp³-hybridized carbons (Fsp3) is 0.161. The Hall–Kier alpha value is -3.74. The Morgan fingerprint density at radius 3 is 2.16 bits per heavy atom. The van der Waals surface area contributed by atoms with Gasteiger partial charge in [0, 0.05) is 15.1 Å². The molecule has 0 bridgehead atoms. The zero-order chi connectivity index (χ0) is 26.1. The van der Waals surface area contributed by atoms with E-state index in [1.807, 2.05) is 56.3 Å². The van der Waals surface area contributed by atoms with Gasteiger partial charge in [0.05, 0.1) is 12.0 Å². The van der Waals surface area contributed by atoms with Crippen LogP contribution < -0.4 is 5.32 Å². The summed E-state index contributed by atoms with van der Waals surface area (Å²) in [7, 11) is 1.37. The number of ether oxygens (including phenoxy) is 1. The van der Waals surface area contributed by atoms with Crippen molar-refractivity contribution in [3.8, 4) is 11.1 Å². The minimum atomic E-state index is -0.466. The third-order valence-electron chi connectivity index (χ3n) is 6.45. The summed E-state index contributed by atoms with van der Waals surface area (Å²) >= 11 is 2.88. The number of methoxy groups -OCH3 is 1. The minimum absolute atomic E-state index is 0.217. The lowest BCUT2D eigenvalue weighted by Gasteiger charge is -2.09. The number of fused-ring (bicyclic) bond motifs is 1. The highest BCUT2D eigenvalue weighted by Gasteiger charge is 2.27. The van der Waals surface area contributed by atoms with Gasteiger partial charge in [-0.2, -0.15) is 0 Å². The van der Waals surface area contributed by atoms with Crippen LogP contribution in [0.4, 0.5) is 5.00 Å². The predicted octanol–water partition coefficient (Wildman–Crippen LogP) is 8.18. The van der Waals surface area contributed by atoms with Gasteiger partial charge >= 0.3 is 5.97 Å². The van der Waals surface area contributed by atoms with Crippen LogP contribution in [0.5, 0.6) is 0 Å². The van der Waals surface area contributed by atoms with E-state index in [0.29, 0.717) is 21.9 Å². The molecule has 0 saturated heterocycles. The van der Waals surface area contributed by atoms with E-state index in [1.165, 1.54) is 35.3 Å². The fourth-order valence-electron chi connectivity index (χ4n) is 4.53. The Morgan fingerprint density at radius 2 is 1.49 bits per heavy atom. The van der Waals surface area contributed by atoms with Crippen LogP contribution >= 0.6 is 22.7 Å². The van der Waals surface area contributed by atoms with E-state index in [2.05, 4.69) is 42.6 Å². The van der Waals surface area contributed by atoms with Gasteiger partial charge in [-0.25, -0.2) is 4.79 Å². The van der Waals surface area contributed by atoms with Gasteiger partial charge in [0.1, 0.15) is 10.6 Å². The van der Waals surface area contributed by atoms with Crippen LogP contribution in [0.3, 0.4) is 0 Å². The Morgan fingerprint density at radius 1 is 0.838 bits per heavy atom. The summed E-state index contributed by atoms with van der Waals surface area (Å²) in [5.74, 6) is -0.684. The van der Waals surface area contributed by atoms with Gasteiger partial charge in [0.2, 0.25) is 0 Å². The molecular formula is C31H27NO3S2. The molecule has 0 spiro atoms. The first-order chi connectivity index (χ1) is 17.9. The Bertz CT molecular complexity index is 1610. The molecule has 0 aliphatic heterocycles. The van der Waals surface area contributed by atoms with Crippen molar-refractivity contribution in [2.24, 2.45) is 0 Å². The van der Waals surface area contributed by atoms with E-state index in [4.69, 9.17) is 4.74 Å². The van der Waals surface area contributed by atoms with Gasteiger partial charge in [-0.15, -0.1) is 22.7 Å². The van der Waals surface area contributed by atoms with Crippen molar-refractivity contribution in [1.82, 2.24) is 0 Å². The molecule has 0 atom stereocenters. The van der Waals surface area contributed by atoms with E-state index < -0.39 is 5.97 Å². The molecule has 0 saturated carbocycles. The molecule has 2 aromatic heterocycles. The van der Waals surface area contributed by atoms with Crippen molar-refractivity contribution in [1.29, 1.82) is 0 Å². The average Bonchev–Trinajstić information content (AvgIpc) is 3.42. The highest BCUT2D eigenvalue weighted by molar-refractivity contribution is 7.21. The van der Waals surface area contributed by atoms with Crippen LogP contribution in [0.2, 0.25) is 0 Å². The second kappa shape index (κ2) is 10.3. The molecule has 5 rings (SSSR count). The smallest absolute Gasteiger partial charge is 0.341 e. The normalized spacial score (nSPS) is 11.0. The molecule has 0 radical (unpaired) electrons. The lowest BCUT2D eigenvalue weighted by atomic mass is 10.00. The summed E-state index contributed by atoms with van der Waals surface area (Å²) in [6.45, 7) is 6.05. The number of aryl methyl sites for hydroxylation is 3. The Kier molecular flexibility index (Phi) is 6.96. The number of anilines is 1. The molecule has 186 valence electrons. The maximum absolute atomic E-state index is 13.8. The number of hydrogen-bond donors (Lipinski definition) is 1. The third-order valence-corrected chi connectivity index (χ3v) is 8.68. The molecule has 1 amide bonds. The lowest BCUT2D eigenvalue weighted by Crippen LogP contribution is -2.14. The molecule has 0 fully saturated rings. The van der Waals surface area contributed by atoms with Crippen molar-refractivity contribution in [3.63, 3.8) is 0 Å². The van der Waals surface area contributed by atoms with Gasteiger partial charge in [0.15, 0.2) is 0 Å². The Balaban J connectivity index is 1.56. The van der Waals surface area contributed by atoms with Crippen LogP contribution in [0, 0.1) is 20.8 Å². The topological polar surface area (TPSA) is 55.4 Å². The largest absolute Gasteiger partial charge is 0.465 e.